The Morgan fingerprint density at radius 3 is 2.60 bits per heavy atom. The van der Waals surface area contributed by atoms with Crippen molar-refractivity contribution in [2.45, 2.75) is 52.9 Å². The monoisotopic (exact) mass is 356 g/mol. The first-order chi connectivity index (χ1) is 12.0. The smallest absolute Gasteiger partial charge is 0.267 e. The first-order valence-corrected chi connectivity index (χ1v) is 9.57. The van der Waals surface area contributed by atoms with Crippen molar-refractivity contribution in [1.82, 2.24) is 14.6 Å². The largest absolute Gasteiger partial charge is 0.321 e. The number of nitrogens with zero attached hydrogens (tertiary/aromatic N) is 3. The van der Waals surface area contributed by atoms with Crippen LogP contribution in [0.1, 0.15) is 66.3 Å². The van der Waals surface area contributed by atoms with Gasteiger partial charge in [0.15, 0.2) is 0 Å². The number of aryl methyl sites for hydroxylation is 2. The number of carbonyl (C=O) groups excluding carboxylic acids is 1. The number of rotatable bonds is 6. The standard InChI is InChI=1S/C19H24N4OS/c1-5-6-7-14-8-10-15(11-9-14)20-18(24)16-13(4)23-17(12(2)3)21-22-19(23)25-16/h8-12H,5-7H2,1-4H3,(H,20,24). The van der Waals surface area contributed by atoms with Crippen molar-refractivity contribution in [3.63, 3.8) is 0 Å². The van der Waals surface area contributed by atoms with Crippen molar-refractivity contribution in [2.75, 3.05) is 5.32 Å². The van der Waals surface area contributed by atoms with Gasteiger partial charge in [-0.3, -0.25) is 9.20 Å². The highest BCUT2D eigenvalue weighted by Crippen LogP contribution is 2.26. The van der Waals surface area contributed by atoms with Crippen molar-refractivity contribution in [3.05, 3.63) is 46.2 Å². The fourth-order valence-electron chi connectivity index (χ4n) is 2.84. The van der Waals surface area contributed by atoms with E-state index in [0.717, 1.165) is 28.6 Å². The number of anilines is 1. The van der Waals surface area contributed by atoms with E-state index in [9.17, 15) is 4.79 Å². The Bertz CT molecular complexity index is 877. The van der Waals surface area contributed by atoms with Crippen LogP contribution in [0.4, 0.5) is 5.69 Å². The predicted molar refractivity (Wildman–Crippen MR) is 103 cm³/mol. The molecule has 1 N–H and O–H groups in total. The Morgan fingerprint density at radius 2 is 1.96 bits per heavy atom. The van der Waals surface area contributed by atoms with Crippen molar-refractivity contribution >= 4 is 27.9 Å². The molecule has 0 aliphatic carbocycles. The Hall–Kier alpha value is -2.21. The van der Waals surface area contributed by atoms with Crippen LogP contribution in [0.5, 0.6) is 0 Å². The van der Waals surface area contributed by atoms with Gasteiger partial charge in [0.25, 0.3) is 5.91 Å². The SMILES string of the molecule is CCCCc1ccc(NC(=O)c2sc3nnc(C(C)C)n3c2C)cc1. The van der Waals surface area contributed by atoms with Gasteiger partial charge in [0.05, 0.1) is 0 Å². The molecule has 5 nitrogen and oxygen atoms in total. The topological polar surface area (TPSA) is 59.3 Å². The number of fused-ring (bicyclic) bond motifs is 1. The molecular weight excluding hydrogens is 332 g/mol. The summed E-state index contributed by atoms with van der Waals surface area (Å²) in [5, 5.41) is 11.4. The number of hydrogen-bond acceptors (Lipinski definition) is 4. The van der Waals surface area contributed by atoms with Crippen LogP contribution in [0.15, 0.2) is 24.3 Å². The molecular formula is C19H24N4OS. The number of benzene rings is 1. The molecule has 132 valence electrons. The molecule has 0 bridgehead atoms. The Kier molecular flexibility index (Phi) is 5.18. The van der Waals surface area contributed by atoms with Gasteiger partial charge >= 0.3 is 0 Å². The summed E-state index contributed by atoms with van der Waals surface area (Å²) in [6.07, 6.45) is 3.45. The van der Waals surface area contributed by atoms with Crippen molar-refractivity contribution in [2.24, 2.45) is 0 Å². The second kappa shape index (κ2) is 7.35. The molecule has 0 spiro atoms. The van der Waals surface area contributed by atoms with E-state index in [1.165, 1.54) is 29.7 Å². The summed E-state index contributed by atoms with van der Waals surface area (Å²) in [6, 6.07) is 8.11. The van der Waals surface area contributed by atoms with E-state index in [2.05, 4.69) is 48.4 Å². The number of thiazole rings is 1. The average molecular weight is 356 g/mol. The zero-order valence-corrected chi connectivity index (χ0v) is 16.0. The van der Waals surface area contributed by atoms with Crippen LogP contribution in [0, 0.1) is 6.92 Å². The summed E-state index contributed by atoms with van der Waals surface area (Å²) in [5.74, 6) is 1.06. The fraction of sp³-hybridized carbons (Fsp3) is 0.421. The summed E-state index contributed by atoms with van der Waals surface area (Å²) in [6.45, 7) is 8.29. The molecule has 3 rings (SSSR count). The molecule has 1 amide bonds. The van der Waals surface area contributed by atoms with Crippen LogP contribution in [-0.2, 0) is 6.42 Å². The normalized spacial score (nSPS) is 11.4. The lowest BCUT2D eigenvalue weighted by Gasteiger charge is -2.07. The summed E-state index contributed by atoms with van der Waals surface area (Å²) >= 11 is 1.38. The molecule has 2 heterocycles. The number of amides is 1. The quantitative estimate of drug-likeness (QED) is 0.689. The van der Waals surface area contributed by atoms with Crippen LogP contribution in [-0.4, -0.2) is 20.5 Å². The molecule has 3 aromatic rings. The zero-order chi connectivity index (χ0) is 18.0. The van der Waals surface area contributed by atoms with Gasteiger partial charge in [0.1, 0.15) is 10.7 Å². The maximum absolute atomic E-state index is 12.7. The maximum atomic E-state index is 12.7. The van der Waals surface area contributed by atoms with Gasteiger partial charge in [-0.05, 0) is 37.5 Å². The third-order valence-corrected chi connectivity index (χ3v) is 5.40. The molecule has 0 unspecified atom stereocenters. The maximum Gasteiger partial charge on any atom is 0.267 e. The van der Waals surface area contributed by atoms with Crippen LogP contribution < -0.4 is 5.32 Å². The minimum Gasteiger partial charge on any atom is -0.321 e. The van der Waals surface area contributed by atoms with Gasteiger partial charge in [0, 0.05) is 17.3 Å². The van der Waals surface area contributed by atoms with Crippen LogP contribution >= 0.6 is 11.3 Å². The van der Waals surface area contributed by atoms with Gasteiger partial charge in [-0.15, -0.1) is 10.2 Å². The molecule has 0 radical (unpaired) electrons. The van der Waals surface area contributed by atoms with E-state index >= 15 is 0 Å². The molecule has 2 aromatic heterocycles. The Morgan fingerprint density at radius 1 is 1.24 bits per heavy atom. The van der Waals surface area contributed by atoms with E-state index in [0.29, 0.717) is 4.88 Å². The minimum absolute atomic E-state index is 0.0935. The molecule has 0 aliphatic rings. The highest BCUT2D eigenvalue weighted by molar-refractivity contribution is 7.19. The first kappa shape index (κ1) is 17.6. The number of carbonyl (C=O) groups is 1. The summed E-state index contributed by atoms with van der Waals surface area (Å²) in [5.41, 5.74) is 3.02. The molecule has 0 saturated carbocycles. The van der Waals surface area contributed by atoms with Gasteiger partial charge in [-0.2, -0.15) is 0 Å². The highest BCUT2D eigenvalue weighted by Gasteiger charge is 2.21. The number of nitrogens with one attached hydrogen (secondary N) is 1. The zero-order valence-electron chi connectivity index (χ0n) is 15.2. The van der Waals surface area contributed by atoms with Crippen molar-refractivity contribution < 1.29 is 4.79 Å². The van der Waals surface area contributed by atoms with E-state index in [1.807, 2.05) is 23.5 Å². The summed E-state index contributed by atoms with van der Waals surface area (Å²) in [4.78, 5) is 14.1. The van der Waals surface area contributed by atoms with E-state index in [-0.39, 0.29) is 11.8 Å². The van der Waals surface area contributed by atoms with E-state index < -0.39 is 0 Å². The molecule has 25 heavy (non-hydrogen) atoms. The Labute approximate surface area is 152 Å². The van der Waals surface area contributed by atoms with Crippen molar-refractivity contribution in [1.29, 1.82) is 0 Å². The van der Waals surface area contributed by atoms with Crippen LogP contribution in [0.2, 0.25) is 0 Å². The molecule has 0 atom stereocenters. The lowest BCUT2D eigenvalue weighted by Crippen LogP contribution is -2.12. The molecule has 1 aromatic carbocycles. The van der Waals surface area contributed by atoms with E-state index in [1.54, 1.807) is 0 Å². The molecule has 0 saturated heterocycles. The van der Waals surface area contributed by atoms with Crippen LogP contribution in [0.25, 0.3) is 4.96 Å². The van der Waals surface area contributed by atoms with Gasteiger partial charge in [0.2, 0.25) is 4.96 Å². The lowest BCUT2D eigenvalue weighted by molar-refractivity contribution is 0.102. The number of unbranched alkanes of at least 4 members (excludes halogenated alkanes) is 1. The second-order valence-electron chi connectivity index (χ2n) is 6.60. The van der Waals surface area contributed by atoms with Crippen LogP contribution in [0.3, 0.4) is 0 Å². The lowest BCUT2D eigenvalue weighted by atomic mass is 10.1. The molecule has 0 fully saturated rings. The summed E-state index contributed by atoms with van der Waals surface area (Å²) < 4.78 is 1.98. The van der Waals surface area contributed by atoms with Gasteiger partial charge < -0.3 is 5.32 Å². The van der Waals surface area contributed by atoms with Gasteiger partial charge in [-0.1, -0.05) is 50.7 Å². The third kappa shape index (κ3) is 3.58. The third-order valence-electron chi connectivity index (χ3n) is 4.27. The Balaban J connectivity index is 1.79. The number of aromatic nitrogens is 3. The second-order valence-corrected chi connectivity index (χ2v) is 7.58. The molecule has 0 aliphatic heterocycles. The fourth-order valence-corrected chi connectivity index (χ4v) is 3.81. The molecule has 6 heteroatoms. The predicted octanol–water partition coefficient (Wildman–Crippen LogP) is 4.82. The first-order valence-electron chi connectivity index (χ1n) is 8.76. The minimum atomic E-state index is -0.0935. The van der Waals surface area contributed by atoms with Gasteiger partial charge in [-0.25, -0.2) is 0 Å². The summed E-state index contributed by atoms with van der Waals surface area (Å²) in [7, 11) is 0. The van der Waals surface area contributed by atoms with E-state index in [4.69, 9.17) is 0 Å². The highest BCUT2D eigenvalue weighted by atomic mass is 32.1. The van der Waals surface area contributed by atoms with Crippen molar-refractivity contribution in [3.8, 4) is 0 Å². The average Bonchev–Trinajstić information content (AvgIpc) is 3.15. The number of hydrogen-bond donors (Lipinski definition) is 1.